The smallest absolute Gasteiger partial charge is 0.393 e. The third kappa shape index (κ3) is 3.26. The van der Waals surface area contributed by atoms with Crippen molar-refractivity contribution in [1.82, 2.24) is 9.88 Å². The molecule has 1 fully saturated rings. The second-order valence-electron chi connectivity index (χ2n) is 5.15. The van der Waals surface area contributed by atoms with Crippen molar-refractivity contribution in [2.45, 2.75) is 25.6 Å². The van der Waals surface area contributed by atoms with Gasteiger partial charge in [0.2, 0.25) is 0 Å². The molecule has 1 saturated heterocycles. The van der Waals surface area contributed by atoms with Crippen LogP contribution in [0.4, 0.5) is 13.2 Å². The molecule has 0 aromatic carbocycles. The second kappa shape index (κ2) is 5.51. The van der Waals surface area contributed by atoms with E-state index in [1.165, 1.54) is 4.90 Å². The summed E-state index contributed by atoms with van der Waals surface area (Å²) in [4.78, 5) is 26.8. The van der Waals surface area contributed by atoms with Gasteiger partial charge in [-0.05, 0) is 25.5 Å². The number of aliphatic hydroxyl groups excluding tert-OH is 1. The Morgan fingerprint density at radius 1 is 1.48 bits per heavy atom. The number of hydrogen-bond acceptors (Lipinski definition) is 3. The van der Waals surface area contributed by atoms with Crippen molar-refractivity contribution < 1.29 is 23.1 Å². The van der Waals surface area contributed by atoms with Crippen molar-refractivity contribution in [2.24, 2.45) is 5.92 Å². The van der Waals surface area contributed by atoms with Crippen LogP contribution in [0.1, 0.15) is 29.4 Å². The molecule has 5 nitrogen and oxygen atoms in total. The lowest BCUT2D eigenvalue weighted by Crippen LogP contribution is -2.34. The van der Waals surface area contributed by atoms with Gasteiger partial charge in [0, 0.05) is 19.0 Å². The van der Waals surface area contributed by atoms with Crippen LogP contribution in [0.2, 0.25) is 0 Å². The number of H-pyrrole nitrogens is 1. The number of aromatic amines is 1. The topological polar surface area (TPSA) is 73.4 Å². The molecule has 2 N–H and O–H groups in total. The Labute approximate surface area is 118 Å². The van der Waals surface area contributed by atoms with Crippen molar-refractivity contribution in [3.05, 3.63) is 33.7 Å². The van der Waals surface area contributed by atoms with Crippen LogP contribution in [0, 0.1) is 5.92 Å². The maximum Gasteiger partial charge on any atom is 0.431 e. The zero-order valence-electron chi connectivity index (χ0n) is 11.3. The van der Waals surface area contributed by atoms with Crippen molar-refractivity contribution in [3.63, 3.8) is 0 Å². The number of carbonyl (C=O) groups is 1. The Kier molecular flexibility index (Phi) is 4.08. The first-order valence-electron chi connectivity index (χ1n) is 6.48. The molecule has 1 amide bonds. The standard InChI is InChI=1S/C13H15F3N2O3/c1-7(19)8-4-5-18(6-8)12(21)9-2-3-10(13(14,15)16)17-11(9)20/h2-3,7-8,19H,4-6H2,1H3,(H,17,20). The highest BCUT2D eigenvalue weighted by Gasteiger charge is 2.34. The van der Waals surface area contributed by atoms with E-state index in [-0.39, 0.29) is 18.0 Å². The SMILES string of the molecule is CC(O)C1CCN(C(=O)c2ccc(C(F)(F)F)[nH]c2=O)C1. The molecule has 1 aromatic heterocycles. The van der Waals surface area contributed by atoms with Gasteiger partial charge in [0.25, 0.3) is 11.5 Å². The number of aromatic nitrogens is 1. The van der Waals surface area contributed by atoms with Gasteiger partial charge >= 0.3 is 6.18 Å². The van der Waals surface area contributed by atoms with Crippen molar-refractivity contribution in [2.75, 3.05) is 13.1 Å². The summed E-state index contributed by atoms with van der Waals surface area (Å²) in [5.41, 5.74) is -2.57. The summed E-state index contributed by atoms with van der Waals surface area (Å²) in [6.07, 6.45) is -4.64. The minimum Gasteiger partial charge on any atom is -0.393 e. The quantitative estimate of drug-likeness (QED) is 0.863. The molecule has 1 aliphatic heterocycles. The van der Waals surface area contributed by atoms with E-state index < -0.39 is 29.4 Å². The van der Waals surface area contributed by atoms with Crippen molar-refractivity contribution in [1.29, 1.82) is 0 Å². The van der Waals surface area contributed by atoms with Gasteiger partial charge in [-0.3, -0.25) is 9.59 Å². The summed E-state index contributed by atoms with van der Waals surface area (Å²) < 4.78 is 37.3. The number of alkyl halides is 3. The molecule has 21 heavy (non-hydrogen) atoms. The summed E-state index contributed by atoms with van der Waals surface area (Å²) in [7, 11) is 0. The fourth-order valence-electron chi connectivity index (χ4n) is 2.34. The average molecular weight is 304 g/mol. The molecule has 2 unspecified atom stereocenters. The van der Waals surface area contributed by atoms with Gasteiger partial charge in [-0.1, -0.05) is 0 Å². The highest BCUT2D eigenvalue weighted by atomic mass is 19.4. The summed E-state index contributed by atoms with van der Waals surface area (Å²) in [5.74, 6) is -0.699. The molecule has 0 spiro atoms. The van der Waals surface area contributed by atoms with Crippen LogP contribution < -0.4 is 5.56 Å². The molecular weight excluding hydrogens is 289 g/mol. The fourth-order valence-corrected chi connectivity index (χ4v) is 2.34. The number of aliphatic hydroxyl groups is 1. The molecule has 0 bridgehead atoms. The zero-order valence-corrected chi connectivity index (χ0v) is 11.3. The van der Waals surface area contributed by atoms with Gasteiger partial charge in [0.15, 0.2) is 0 Å². The summed E-state index contributed by atoms with van der Waals surface area (Å²) in [5, 5.41) is 9.47. The number of hydrogen-bond donors (Lipinski definition) is 2. The molecule has 116 valence electrons. The van der Waals surface area contributed by atoms with E-state index in [2.05, 4.69) is 0 Å². The van der Waals surface area contributed by atoms with Crippen LogP contribution in [0.25, 0.3) is 0 Å². The third-order valence-corrected chi connectivity index (χ3v) is 3.64. The number of pyridine rings is 1. The molecule has 2 atom stereocenters. The Morgan fingerprint density at radius 2 is 2.14 bits per heavy atom. The van der Waals surface area contributed by atoms with Crippen LogP contribution in [-0.4, -0.2) is 40.1 Å². The molecular formula is C13H15F3N2O3. The number of halogens is 3. The summed E-state index contributed by atoms with van der Waals surface area (Å²) >= 11 is 0. The minimum atomic E-state index is -4.66. The van der Waals surface area contributed by atoms with E-state index in [1.54, 1.807) is 11.9 Å². The van der Waals surface area contributed by atoms with E-state index in [9.17, 15) is 27.9 Å². The van der Waals surface area contributed by atoms with E-state index in [0.717, 1.165) is 6.07 Å². The summed E-state index contributed by atoms with van der Waals surface area (Å²) in [6.45, 7) is 2.27. The Balaban J connectivity index is 2.20. The van der Waals surface area contributed by atoms with Gasteiger partial charge < -0.3 is 15.0 Å². The van der Waals surface area contributed by atoms with E-state index in [1.807, 2.05) is 0 Å². The van der Waals surface area contributed by atoms with Crippen LogP contribution in [0.15, 0.2) is 16.9 Å². The Bertz CT molecular complexity index is 595. The molecule has 2 heterocycles. The van der Waals surface area contributed by atoms with Gasteiger partial charge in [-0.2, -0.15) is 13.2 Å². The van der Waals surface area contributed by atoms with E-state index in [4.69, 9.17) is 0 Å². The lowest BCUT2D eigenvalue weighted by molar-refractivity contribution is -0.141. The van der Waals surface area contributed by atoms with Gasteiger partial charge in [0.05, 0.1) is 6.10 Å². The predicted octanol–water partition coefficient (Wildman–Crippen LogP) is 1.24. The lowest BCUT2D eigenvalue weighted by Gasteiger charge is -2.17. The monoisotopic (exact) mass is 304 g/mol. The molecule has 0 aliphatic carbocycles. The molecule has 0 saturated carbocycles. The normalized spacial score (nSPS) is 20.6. The number of amides is 1. The average Bonchev–Trinajstić information content (AvgIpc) is 2.86. The van der Waals surface area contributed by atoms with E-state index >= 15 is 0 Å². The maximum absolute atomic E-state index is 12.4. The Morgan fingerprint density at radius 3 is 2.62 bits per heavy atom. The molecule has 8 heteroatoms. The number of carbonyl (C=O) groups excluding carboxylic acids is 1. The number of likely N-dealkylation sites (tertiary alicyclic amines) is 1. The second-order valence-corrected chi connectivity index (χ2v) is 5.15. The first kappa shape index (κ1) is 15.6. The number of nitrogens with one attached hydrogen (secondary N) is 1. The third-order valence-electron chi connectivity index (χ3n) is 3.64. The molecule has 2 rings (SSSR count). The van der Waals surface area contributed by atoms with Crippen LogP contribution in [0.5, 0.6) is 0 Å². The first-order valence-corrected chi connectivity index (χ1v) is 6.48. The molecule has 1 aromatic rings. The molecule has 1 aliphatic rings. The van der Waals surface area contributed by atoms with Gasteiger partial charge in [-0.25, -0.2) is 0 Å². The van der Waals surface area contributed by atoms with Gasteiger partial charge in [-0.15, -0.1) is 0 Å². The fraction of sp³-hybridized carbons (Fsp3) is 0.538. The maximum atomic E-state index is 12.4. The molecule has 0 radical (unpaired) electrons. The predicted molar refractivity (Wildman–Crippen MR) is 67.8 cm³/mol. The van der Waals surface area contributed by atoms with E-state index in [0.29, 0.717) is 19.0 Å². The lowest BCUT2D eigenvalue weighted by atomic mass is 10.0. The number of rotatable bonds is 2. The van der Waals surface area contributed by atoms with Crippen LogP contribution in [-0.2, 0) is 6.18 Å². The first-order chi connectivity index (χ1) is 9.70. The summed E-state index contributed by atoms with van der Waals surface area (Å²) in [6, 6.07) is 1.57. The van der Waals surface area contributed by atoms with Crippen LogP contribution in [0.3, 0.4) is 0 Å². The largest absolute Gasteiger partial charge is 0.431 e. The van der Waals surface area contributed by atoms with Crippen molar-refractivity contribution in [3.8, 4) is 0 Å². The zero-order chi connectivity index (χ0) is 15.8. The van der Waals surface area contributed by atoms with Gasteiger partial charge in [0.1, 0.15) is 11.3 Å². The Hall–Kier alpha value is -1.83. The highest BCUT2D eigenvalue weighted by molar-refractivity contribution is 5.94. The minimum absolute atomic E-state index is 0.0810. The highest BCUT2D eigenvalue weighted by Crippen LogP contribution is 2.27. The van der Waals surface area contributed by atoms with Crippen molar-refractivity contribution >= 4 is 5.91 Å². The van der Waals surface area contributed by atoms with Crippen LogP contribution >= 0.6 is 0 Å². The number of nitrogens with zero attached hydrogens (tertiary/aromatic N) is 1.